The summed E-state index contributed by atoms with van der Waals surface area (Å²) in [6, 6.07) is 0. The normalized spacial score (nSPS) is 46.3. The van der Waals surface area contributed by atoms with E-state index in [-0.39, 0.29) is 0 Å². The summed E-state index contributed by atoms with van der Waals surface area (Å²) in [4.78, 5) is 0. The Labute approximate surface area is 81.7 Å². The van der Waals surface area contributed by atoms with E-state index in [1.54, 1.807) is 11.1 Å². The summed E-state index contributed by atoms with van der Waals surface area (Å²) in [6.07, 6.45) is 4.82. The topological polar surface area (TPSA) is 0 Å². The van der Waals surface area contributed by atoms with Gasteiger partial charge in [0, 0.05) is 10.8 Å². The van der Waals surface area contributed by atoms with Crippen LogP contribution in [0, 0.1) is 16.2 Å². The van der Waals surface area contributed by atoms with Gasteiger partial charge in [-0.25, -0.2) is 0 Å². The van der Waals surface area contributed by atoms with E-state index in [0.29, 0.717) is 16.2 Å². The van der Waals surface area contributed by atoms with Gasteiger partial charge in [0.25, 0.3) is 0 Å². The lowest BCUT2D eigenvalue weighted by Gasteiger charge is -2.41. The Bertz CT molecular complexity index is 300. The second-order valence-electron chi connectivity index (χ2n) is 5.61. The molecule has 0 radical (unpaired) electrons. The number of rotatable bonds is 0. The van der Waals surface area contributed by atoms with E-state index in [1.165, 1.54) is 0 Å². The molecule has 72 valence electrons. The van der Waals surface area contributed by atoms with Crippen LogP contribution in [0.3, 0.4) is 0 Å². The van der Waals surface area contributed by atoms with Crippen LogP contribution in [-0.2, 0) is 0 Å². The standard InChI is InChI=1S/C13H20/c1-9-10(2)13(6)8-7-12(9,5)11(13,3)4/h7-8H,1-6H3. The minimum Gasteiger partial charge on any atom is -0.0771 e. The van der Waals surface area contributed by atoms with Crippen LogP contribution in [0.4, 0.5) is 0 Å². The summed E-state index contributed by atoms with van der Waals surface area (Å²) in [6.45, 7) is 14.1. The molecule has 0 saturated carbocycles. The van der Waals surface area contributed by atoms with Crippen molar-refractivity contribution in [3.8, 4) is 0 Å². The molecule has 2 unspecified atom stereocenters. The van der Waals surface area contributed by atoms with E-state index in [2.05, 4.69) is 53.7 Å². The summed E-state index contributed by atoms with van der Waals surface area (Å²) in [5, 5.41) is 0. The Balaban J connectivity index is 2.71. The van der Waals surface area contributed by atoms with Gasteiger partial charge in [0.15, 0.2) is 0 Å². The third-order valence-corrected chi connectivity index (χ3v) is 5.47. The molecule has 0 saturated heterocycles. The fourth-order valence-electron chi connectivity index (χ4n) is 3.26. The van der Waals surface area contributed by atoms with E-state index < -0.39 is 0 Å². The van der Waals surface area contributed by atoms with Crippen molar-refractivity contribution in [2.24, 2.45) is 16.2 Å². The van der Waals surface area contributed by atoms with Gasteiger partial charge >= 0.3 is 0 Å². The molecule has 0 amide bonds. The van der Waals surface area contributed by atoms with Crippen LogP contribution >= 0.6 is 0 Å². The average Bonchev–Trinajstić information content (AvgIpc) is 2.28. The first kappa shape index (κ1) is 9.05. The van der Waals surface area contributed by atoms with Gasteiger partial charge in [-0.3, -0.25) is 0 Å². The molecule has 13 heavy (non-hydrogen) atoms. The highest BCUT2D eigenvalue weighted by molar-refractivity contribution is 5.49. The molecule has 0 heteroatoms. The highest BCUT2D eigenvalue weighted by atomic mass is 14.6. The van der Waals surface area contributed by atoms with Crippen LogP contribution in [0.5, 0.6) is 0 Å². The van der Waals surface area contributed by atoms with Crippen LogP contribution in [0.2, 0.25) is 0 Å². The van der Waals surface area contributed by atoms with Crippen molar-refractivity contribution >= 4 is 0 Å². The second-order valence-corrected chi connectivity index (χ2v) is 5.61. The first-order valence-corrected chi connectivity index (χ1v) is 5.16. The maximum absolute atomic E-state index is 2.41. The van der Waals surface area contributed by atoms with E-state index in [9.17, 15) is 0 Å². The summed E-state index contributed by atoms with van der Waals surface area (Å²) in [5.41, 5.74) is 4.12. The van der Waals surface area contributed by atoms with Crippen molar-refractivity contribution in [1.82, 2.24) is 0 Å². The number of hydrogen-bond donors (Lipinski definition) is 0. The lowest BCUT2D eigenvalue weighted by Crippen LogP contribution is -2.35. The highest BCUT2D eigenvalue weighted by Crippen LogP contribution is 2.70. The predicted octanol–water partition coefficient (Wildman–Crippen LogP) is 3.95. The zero-order chi connectivity index (χ0) is 10.1. The summed E-state index contributed by atoms with van der Waals surface area (Å²) in [7, 11) is 0. The monoisotopic (exact) mass is 176 g/mol. The molecular weight excluding hydrogens is 156 g/mol. The zero-order valence-corrected chi connectivity index (χ0v) is 9.65. The van der Waals surface area contributed by atoms with E-state index in [4.69, 9.17) is 0 Å². The van der Waals surface area contributed by atoms with Crippen LogP contribution in [0.15, 0.2) is 23.3 Å². The van der Waals surface area contributed by atoms with Crippen LogP contribution in [-0.4, -0.2) is 0 Å². The molecule has 0 spiro atoms. The zero-order valence-electron chi connectivity index (χ0n) is 9.65. The van der Waals surface area contributed by atoms with E-state index in [0.717, 1.165) is 0 Å². The molecule has 0 aromatic carbocycles. The molecule has 0 heterocycles. The van der Waals surface area contributed by atoms with Gasteiger partial charge in [0.1, 0.15) is 0 Å². The van der Waals surface area contributed by atoms with Crippen LogP contribution < -0.4 is 0 Å². The first-order valence-electron chi connectivity index (χ1n) is 5.16. The van der Waals surface area contributed by atoms with Crippen molar-refractivity contribution < 1.29 is 0 Å². The third-order valence-electron chi connectivity index (χ3n) is 5.47. The number of hydrogen-bond acceptors (Lipinski definition) is 0. The van der Waals surface area contributed by atoms with Gasteiger partial charge in [0.05, 0.1) is 0 Å². The van der Waals surface area contributed by atoms with Gasteiger partial charge < -0.3 is 0 Å². The highest BCUT2D eigenvalue weighted by Gasteiger charge is 2.61. The Morgan fingerprint density at radius 3 is 1.23 bits per heavy atom. The lowest BCUT2D eigenvalue weighted by molar-refractivity contribution is 0.129. The average molecular weight is 176 g/mol. The van der Waals surface area contributed by atoms with Gasteiger partial charge in [-0.2, -0.15) is 0 Å². The molecule has 2 rings (SSSR count). The fraction of sp³-hybridized carbons (Fsp3) is 0.692. The first-order chi connectivity index (χ1) is 5.77. The van der Waals surface area contributed by atoms with Crippen molar-refractivity contribution in [2.75, 3.05) is 0 Å². The summed E-state index contributed by atoms with van der Waals surface area (Å²) >= 11 is 0. The van der Waals surface area contributed by atoms with Crippen molar-refractivity contribution in [2.45, 2.75) is 41.5 Å². The van der Waals surface area contributed by atoms with E-state index in [1.807, 2.05) is 0 Å². The summed E-state index contributed by atoms with van der Waals surface area (Å²) in [5.74, 6) is 0. The number of allylic oxidation sites excluding steroid dienone is 4. The minimum atomic E-state index is 0.297. The van der Waals surface area contributed by atoms with Gasteiger partial charge in [-0.15, -0.1) is 0 Å². The van der Waals surface area contributed by atoms with E-state index >= 15 is 0 Å². The molecule has 2 atom stereocenters. The molecule has 2 aliphatic carbocycles. The van der Waals surface area contributed by atoms with Crippen LogP contribution in [0.1, 0.15) is 41.5 Å². The quantitative estimate of drug-likeness (QED) is 0.490. The maximum Gasteiger partial charge on any atom is 0.0125 e. The minimum absolute atomic E-state index is 0.297. The van der Waals surface area contributed by atoms with Crippen molar-refractivity contribution in [3.63, 3.8) is 0 Å². The Morgan fingerprint density at radius 1 is 0.769 bits per heavy atom. The predicted molar refractivity (Wildman–Crippen MR) is 57.5 cm³/mol. The number of fused-ring (bicyclic) bond motifs is 2. The molecule has 0 aromatic heterocycles. The Kier molecular flexibility index (Phi) is 1.35. The molecule has 0 N–H and O–H groups in total. The van der Waals surface area contributed by atoms with Crippen LogP contribution in [0.25, 0.3) is 0 Å². The second kappa shape index (κ2) is 1.94. The SMILES string of the molecule is CC1=C(C)C2(C)C=CC1(C)C2(C)C. The van der Waals surface area contributed by atoms with Gasteiger partial charge in [0.2, 0.25) is 0 Å². The van der Waals surface area contributed by atoms with Gasteiger partial charge in [-0.05, 0) is 19.3 Å². The summed E-state index contributed by atoms with van der Waals surface area (Å²) < 4.78 is 0. The fourth-order valence-corrected chi connectivity index (χ4v) is 3.26. The molecule has 2 aliphatic rings. The molecular formula is C13H20. The third kappa shape index (κ3) is 0.630. The lowest BCUT2D eigenvalue weighted by atomic mass is 9.62. The van der Waals surface area contributed by atoms with Crippen molar-refractivity contribution in [3.05, 3.63) is 23.3 Å². The molecule has 0 aromatic rings. The molecule has 2 bridgehead atoms. The Hall–Kier alpha value is -0.520. The molecule has 0 aliphatic heterocycles. The molecule has 0 fully saturated rings. The van der Waals surface area contributed by atoms with Gasteiger partial charge in [-0.1, -0.05) is 51.0 Å². The molecule has 0 nitrogen and oxygen atoms in total. The Morgan fingerprint density at radius 2 is 1.08 bits per heavy atom. The largest absolute Gasteiger partial charge is 0.0771 e. The smallest absolute Gasteiger partial charge is 0.0125 e. The maximum atomic E-state index is 2.41. The van der Waals surface area contributed by atoms with Crippen molar-refractivity contribution in [1.29, 1.82) is 0 Å².